The Balaban J connectivity index is 4.27. The molecular weight excluding hydrogens is 558 g/mol. The molecule has 0 aromatic carbocycles. The second-order valence-corrected chi connectivity index (χ2v) is 20.4. The molecule has 260 valence electrons. The summed E-state index contributed by atoms with van der Waals surface area (Å²) in [4.78, 5) is 0. The maximum absolute atomic E-state index is 13.9. The zero-order chi connectivity index (χ0) is 31.5. The summed E-state index contributed by atoms with van der Waals surface area (Å²) in [6.45, 7) is 9.24. The van der Waals surface area contributed by atoms with Crippen LogP contribution in [0.5, 0.6) is 0 Å². The Bertz CT molecular complexity index is 527. The first-order valence-electron chi connectivity index (χ1n) is 20.4. The van der Waals surface area contributed by atoms with Crippen LogP contribution in [0.2, 0.25) is 0 Å². The lowest BCUT2D eigenvalue weighted by molar-refractivity contribution is 0.555. The fourth-order valence-corrected chi connectivity index (χ4v) is 12.5. The first-order chi connectivity index (χ1) is 21.1. The van der Waals surface area contributed by atoms with Gasteiger partial charge in [-0.3, -0.25) is 0 Å². The smallest absolute Gasteiger partial charge is 0.0877 e. The minimum absolute atomic E-state index is 0.288. The van der Waals surface area contributed by atoms with Gasteiger partial charge >= 0.3 is 0 Å². The van der Waals surface area contributed by atoms with Gasteiger partial charge in [0.25, 0.3) is 0 Å². The van der Waals surface area contributed by atoms with Crippen LogP contribution >= 0.6 is 15.1 Å². The van der Waals surface area contributed by atoms with E-state index in [1.54, 1.807) is 18.5 Å². The molecule has 0 bridgehead atoms. The molecular formula is C40H84OP2. The molecule has 0 N–H and O–H groups in total. The summed E-state index contributed by atoms with van der Waals surface area (Å²) >= 11 is 0. The fraction of sp³-hybridized carbons (Fsp3) is 1.00. The molecule has 0 aliphatic carbocycles. The van der Waals surface area contributed by atoms with E-state index in [0.717, 1.165) is 18.5 Å². The van der Waals surface area contributed by atoms with Crippen molar-refractivity contribution in [1.29, 1.82) is 0 Å². The number of rotatable bonds is 37. The van der Waals surface area contributed by atoms with E-state index in [1.807, 2.05) is 0 Å². The Morgan fingerprint density at radius 2 is 0.512 bits per heavy atom. The Kier molecular flexibility index (Phi) is 36.1. The lowest BCUT2D eigenvalue weighted by Crippen LogP contribution is -2.02. The monoisotopic (exact) mass is 643 g/mol. The Labute approximate surface area is 276 Å². The topological polar surface area (TPSA) is 17.1 Å². The molecule has 0 unspecified atom stereocenters. The molecule has 0 atom stereocenters. The third-order valence-electron chi connectivity index (χ3n) is 9.78. The standard InChI is InChI=1S/C40H84OP2/c1-5-9-13-17-23-29-35-42(36-30-24-18-14-10-6-2)37-31-25-21-22-28-34-40-43(41,38-32-26-19-15-11-7-3)39-33-27-20-16-12-8-4/h5-40H2,1-4H3. The van der Waals surface area contributed by atoms with Crippen molar-refractivity contribution in [3.63, 3.8) is 0 Å². The van der Waals surface area contributed by atoms with E-state index in [2.05, 4.69) is 27.7 Å². The molecule has 1 nitrogen and oxygen atoms in total. The number of unbranched alkanes of at least 4 members (excludes halogenated alkanes) is 25. The highest BCUT2D eigenvalue weighted by atomic mass is 31.2. The molecule has 43 heavy (non-hydrogen) atoms. The lowest BCUT2D eigenvalue weighted by Gasteiger charge is -2.19. The van der Waals surface area contributed by atoms with Gasteiger partial charge in [0.05, 0.1) is 7.14 Å². The van der Waals surface area contributed by atoms with Gasteiger partial charge in [0, 0.05) is 18.5 Å². The van der Waals surface area contributed by atoms with Crippen molar-refractivity contribution in [2.24, 2.45) is 0 Å². The van der Waals surface area contributed by atoms with Gasteiger partial charge in [-0.1, -0.05) is 182 Å². The Morgan fingerprint density at radius 1 is 0.302 bits per heavy atom. The molecule has 0 saturated heterocycles. The number of hydrogen-bond donors (Lipinski definition) is 0. The van der Waals surface area contributed by atoms with Crippen LogP contribution in [-0.4, -0.2) is 37.0 Å². The van der Waals surface area contributed by atoms with Crippen LogP contribution in [0.1, 0.15) is 220 Å². The SMILES string of the molecule is CCCCCCCCP(CCCCCCCC)CCCCCCCCP(=O)(CCCCCCCC)CCCCCCCC. The average Bonchev–Trinajstić information content (AvgIpc) is 3.01. The van der Waals surface area contributed by atoms with E-state index in [-0.39, 0.29) is 7.92 Å². The molecule has 0 aromatic heterocycles. The van der Waals surface area contributed by atoms with Crippen LogP contribution in [0.4, 0.5) is 0 Å². The highest BCUT2D eigenvalue weighted by Gasteiger charge is 2.20. The van der Waals surface area contributed by atoms with Crippen LogP contribution in [0.15, 0.2) is 0 Å². The van der Waals surface area contributed by atoms with Crippen molar-refractivity contribution in [2.45, 2.75) is 220 Å². The lowest BCUT2D eigenvalue weighted by atomic mass is 10.1. The Morgan fingerprint density at radius 3 is 0.767 bits per heavy atom. The fourth-order valence-electron chi connectivity index (χ4n) is 6.71. The third kappa shape index (κ3) is 32.4. The van der Waals surface area contributed by atoms with Crippen molar-refractivity contribution in [2.75, 3.05) is 37.0 Å². The van der Waals surface area contributed by atoms with Crippen molar-refractivity contribution < 1.29 is 4.57 Å². The highest BCUT2D eigenvalue weighted by molar-refractivity contribution is 7.63. The summed E-state index contributed by atoms with van der Waals surface area (Å²) in [5.41, 5.74) is 0. The molecule has 0 aromatic rings. The molecule has 0 saturated carbocycles. The molecule has 0 amide bonds. The minimum atomic E-state index is -1.94. The van der Waals surface area contributed by atoms with E-state index in [0.29, 0.717) is 0 Å². The largest absolute Gasteiger partial charge is 0.324 e. The predicted octanol–water partition coefficient (Wildman–Crippen LogP) is 15.6. The van der Waals surface area contributed by atoms with Crippen LogP contribution in [0, 0.1) is 0 Å². The first-order valence-corrected chi connectivity index (χ1v) is 24.6. The van der Waals surface area contributed by atoms with Crippen molar-refractivity contribution in [3.05, 3.63) is 0 Å². The summed E-state index contributed by atoms with van der Waals surface area (Å²) in [6.07, 6.45) is 49.4. The molecule has 0 spiro atoms. The van der Waals surface area contributed by atoms with E-state index in [1.165, 1.54) is 193 Å². The van der Waals surface area contributed by atoms with E-state index < -0.39 is 7.14 Å². The number of hydrogen-bond acceptors (Lipinski definition) is 1. The van der Waals surface area contributed by atoms with Gasteiger partial charge < -0.3 is 4.57 Å². The second kappa shape index (κ2) is 35.5. The van der Waals surface area contributed by atoms with Crippen LogP contribution in [0.3, 0.4) is 0 Å². The van der Waals surface area contributed by atoms with E-state index >= 15 is 0 Å². The van der Waals surface area contributed by atoms with Gasteiger partial charge in [-0.25, -0.2) is 0 Å². The third-order valence-corrected chi connectivity index (χ3v) is 16.0. The summed E-state index contributed by atoms with van der Waals surface area (Å²) < 4.78 is 13.9. The van der Waals surface area contributed by atoms with Gasteiger partial charge in [0.1, 0.15) is 0 Å². The normalized spacial score (nSPS) is 12.1. The molecule has 3 heteroatoms. The quantitative estimate of drug-likeness (QED) is 0.0487. The molecule has 0 rings (SSSR count). The molecule has 0 radical (unpaired) electrons. The zero-order valence-electron chi connectivity index (χ0n) is 30.8. The zero-order valence-corrected chi connectivity index (χ0v) is 32.5. The molecule has 0 aliphatic heterocycles. The highest BCUT2D eigenvalue weighted by Crippen LogP contribution is 2.48. The van der Waals surface area contributed by atoms with Crippen molar-refractivity contribution in [3.8, 4) is 0 Å². The van der Waals surface area contributed by atoms with Gasteiger partial charge in [-0.05, 0) is 57.0 Å². The van der Waals surface area contributed by atoms with Gasteiger partial charge in [-0.2, -0.15) is 0 Å². The van der Waals surface area contributed by atoms with E-state index in [9.17, 15) is 4.57 Å². The minimum Gasteiger partial charge on any atom is -0.324 e. The molecule has 0 fully saturated rings. The summed E-state index contributed by atoms with van der Waals surface area (Å²) in [7, 11) is -1.66. The molecule has 0 heterocycles. The first kappa shape index (κ1) is 43.7. The maximum atomic E-state index is 13.9. The Hall–Kier alpha value is 0.660. The summed E-state index contributed by atoms with van der Waals surface area (Å²) in [5.74, 6) is 0. The van der Waals surface area contributed by atoms with Crippen LogP contribution in [0.25, 0.3) is 0 Å². The van der Waals surface area contributed by atoms with Crippen LogP contribution in [-0.2, 0) is 4.57 Å². The maximum Gasteiger partial charge on any atom is 0.0877 e. The predicted molar refractivity (Wildman–Crippen MR) is 205 cm³/mol. The van der Waals surface area contributed by atoms with Gasteiger partial charge in [0.15, 0.2) is 0 Å². The summed E-state index contributed by atoms with van der Waals surface area (Å²) in [5, 5.41) is 0. The van der Waals surface area contributed by atoms with Crippen molar-refractivity contribution in [1.82, 2.24) is 0 Å². The summed E-state index contributed by atoms with van der Waals surface area (Å²) in [6, 6.07) is 0. The van der Waals surface area contributed by atoms with Gasteiger partial charge in [0.2, 0.25) is 0 Å². The van der Waals surface area contributed by atoms with E-state index in [4.69, 9.17) is 0 Å². The average molecular weight is 643 g/mol. The molecule has 0 aliphatic rings. The van der Waals surface area contributed by atoms with Gasteiger partial charge in [-0.15, -0.1) is 7.92 Å². The second-order valence-electron chi connectivity index (χ2n) is 14.3. The van der Waals surface area contributed by atoms with Crippen molar-refractivity contribution >= 4 is 15.1 Å². The van der Waals surface area contributed by atoms with Crippen LogP contribution < -0.4 is 0 Å².